The molecule has 2 aromatic carbocycles. The van der Waals surface area contributed by atoms with Gasteiger partial charge in [-0.15, -0.1) is 0 Å². The van der Waals surface area contributed by atoms with E-state index in [4.69, 9.17) is 4.74 Å². The van der Waals surface area contributed by atoms with Gasteiger partial charge in [0.05, 0.1) is 7.11 Å². The van der Waals surface area contributed by atoms with E-state index in [1.54, 1.807) is 7.11 Å². The van der Waals surface area contributed by atoms with Crippen molar-refractivity contribution in [2.45, 2.75) is 12.8 Å². The third kappa shape index (κ3) is 3.65. The van der Waals surface area contributed by atoms with Gasteiger partial charge in [-0.05, 0) is 74.5 Å². The Kier molecular flexibility index (Phi) is 5.03. The number of fused-ring (bicyclic) bond motifs is 1. The van der Waals surface area contributed by atoms with E-state index in [9.17, 15) is 4.79 Å². The predicted octanol–water partition coefficient (Wildman–Crippen LogP) is 3.04. The van der Waals surface area contributed by atoms with Crippen molar-refractivity contribution in [3.63, 3.8) is 0 Å². The second-order valence-electron chi connectivity index (χ2n) is 7.39. The summed E-state index contributed by atoms with van der Waals surface area (Å²) in [5.74, 6) is 0.880. The molecule has 1 saturated heterocycles. The molecule has 0 unspecified atom stereocenters. The predicted molar refractivity (Wildman–Crippen MR) is 109 cm³/mol. The maximum Gasteiger partial charge on any atom is 0.258 e. The minimum Gasteiger partial charge on any atom is -0.497 e. The van der Waals surface area contributed by atoms with Crippen molar-refractivity contribution in [3.05, 3.63) is 53.6 Å². The lowest BCUT2D eigenvalue weighted by molar-refractivity contribution is 0.0980. The van der Waals surface area contributed by atoms with E-state index in [-0.39, 0.29) is 5.91 Å². The molecule has 0 bridgehead atoms. The number of hydrogen-bond donors (Lipinski definition) is 0. The van der Waals surface area contributed by atoms with E-state index < -0.39 is 0 Å². The van der Waals surface area contributed by atoms with Gasteiger partial charge in [0.25, 0.3) is 5.91 Å². The van der Waals surface area contributed by atoms with Crippen LogP contribution >= 0.6 is 0 Å². The average Bonchev–Trinajstić information content (AvgIpc) is 2.93. The van der Waals surface area contributed by atoms with Crippen LogP contribution in [0.1, 0.15) is 22.3 Å². The molecule has 5 nitrogen and oxygen atoms in total. The Morgan fingerprint density at radius 1 is 0.889 bits per heavy atom. The molecule has 0 radical (unpaired) electrons. The molecule has 5 heteroatoms. The summed E-state index contributed by atoms with van der Waals surface area (Å²) in [5, 5.41) is 0. The fourth-order valence-electron chi connectivity index (χ4n) is 3.99. The number of amides is 1. The summed E-state index contributed by atoms with van der Waals surface area (Å²) in [6.45, 7) is 5.08. The topological polar surface area (TPSA) is 36.0 Å². The van der Waals surface area contributed by atoms with Crippen molar-refractivity contribution >= 4 is 17.3 Å². The van der Waals surface area contributed by atoms with Crippen LogP contribution in [0.15, 0.2) is 42.5 Å². The van der Waals surface area contributed by atoms with Crippen LogP contribution in [-0.4, -0.2) is 57.7 Å². The van der Waals surface area contributed by atoms with Crippen molar-refractivity contribution in [2.75, 3.05) is 56.7 Å². The molecule has 142 valence electrons. The molecule has 2 aromatic rings. The maximum atomic E-state index is 13.0. The summed E-state index contributed by atoms with van der Waals surface area (Å²) in [4.78, 5) is 19.7. The monoisotopic (exact) mass is 365 g/mol. The molecule has 2 aliphatic heterocycles. The lowest BCUT2D eigenvalue weighted by atomic mass is 9.98. The van der Waals surface area contributed by atoms with Gasteiger partial charge in [0.15, 0.2) is 0 Å². The van der Waals surface area contributed by atoms with Gasteiger partial charge < -0.3 is 19.4 Å². The number of nitrogens with zero attached hydrogens (tertiary/aromatic N) is 3. The van der Waals surface area contributed by atoms with Gasteiger partial charge in [-0.2, -0.15) is 0 Å². The largest absolute Gasteiger partial charge is 0.497 e. The Morgan fingerprint density at radius 3 is 2.44 bits per heavy atom. The van der Waals surface area contributed by atoms with Gasteiger partial charge in [0, 0.05) is 43.1 Å². The number of likely N-dealkylation sites (N-methyl/N-ethyl adjacent to an activating group) is 1. The minimum atomic E-state index is 0.0723. The molecule has 1 amide bonds. The SMILES string of the molecule is COc1ccc2c(c1)CCN(c1ccc(N3CCCN(C)CC3)cc1)C2=O. The molecule has 27 heavy (non-hydrogen) atoms. The Bertz CT molecular complexity index is 819. The van der Waals surface area contributed by atoms with Crippen LogP contribution in [-0.2, 0) is 6.42 Å². The van der Waals surface area contributed by atoms with Gasteiger partial charge in [0.1, 0.15) is 5.75 Å². The summed E-state index contributed by atoms with van der Waals surface area (Å²) >= 11 is 0. The van der Waals surface area contributed by atoms with E-state index in [2.05, 4.69) is 41.1 Å². The van der Waals surface area contributed by atoms with Gasteiger partial charge in [-0.1, -0.05) is 0 Å². The number of rotatable bonds is 3. The zero-order chi connectivity index (χ0) is 18.8. The molecule has 0 saturated carbocycles. The van der Waals surface area contributed by atoms with Crippen LogP contribution in [0.2, 0.25) is 0 Å². The van der Waals surface area contributed by atoms with Crippen molar-refractivity contribution < 1.29 is 9.53 Å². The van der Waals surface area contributed by atoms with Crippen molar-refractivity contribution in [2.24, 2.45) is 0 Å². The van der Waals surface area contributed by atoms with Gasteiger partial charge >= 0.3 is 0 Å². The first-order valence-corrected chi connectivity index (χ1v) is 9.68. The third-order valence-corrected chi connectivity index (χ3v) is 5.64. The molecule has 2 heterocycles. The highest BCUT2D eigenvalue weighted by Gasteiger charge is 2.26. The molecule has 0 aromatic heterocycles. The normalized spacial score (nSPS) is 18.2. The van der Waals surface area contributed by atoms with E-state index in [1.165, 1.54) is 12.1 Å². The average molecular weight is 365 g/mol. The van der Waals surface area contributed by atoms with E-state index in [1.807, 2.05) is 23.1 Å². The van der Waals surface area contributed by atoms with Crippen molar-refractivity contribution in [1.29, 1.82) is 0 Å². The number of carbonyl (C=O) groups is 1. The Balaban J connectivity index is 1.51. The Hall–Kier alpha value is -2.53. The fraction of sp³-hybridized carbons (Fsp3) is 0.409. The highest BCUT2D eigenvalue weighted by atomic mass is 16.5. The third-order valence-electron chi connectivity index (χ3n) is 5.64. The number of hydrogen-bond acceptors (Lipinski definition) is 4. The van der Waals surface area contributed by atoms with Crippen molar-refractivity contribution in [3.8, 4) is 5.75 Å². The van der Waals surface area contributed by atoms with Crippen LogP contribution in [0, 0.1) is 0 Å². The van der Waals surface area contributed by atoms with E-state index in [0.29, 0.717) is 6.54 Å². The van der Waals surface area contributed by atoms with Gasteiger partial charge in [0.2, 0.25) is 0 Å². The molecule has 0 N–H and O–H groups in total. The molecule has 2 aliphatic rings. The summed E-state index contributed by atoms with van der Waals surface area (Å²) in [6, 6.07) is 14.2. The highest BCUT2D eigenvalue weighted by Crippen LogP contribution is 2.29. The smallest absolute Gasteiger partial charge is 0.258 e. The Morgan fingerprint density at radius 2 is 1.67 bits per heavy atom. The van der Waals surface area contributed by atoms with Gasteiger partial charge in [-0.25, -0.2) is 0 Å². The molecule has 1 fully saturated rings. The number of carbonyl (C=O) groups excluding carboxylic acids is 1. The summed E-state index contributed by atoms with van der Waals surface area (Å²) < 4.78 is 5.28. The van der Waals surface area contributed by atoms with Crippen LogP contribution in [0.4, 0.5) is 11.4 Å². The van der Waals surface area contributed by atoms with E-state index in [0.717, 1.165) is 55.2 Å². The maximum absolute atomic E-state index is 13.0. The zero-order valence-corrected chi connectivity index (χ0v) is 16.1. The molecule has 0 spiro atoms. The number of methoxy groups -OCH3 is 1. The zero-order valence-electron chi connectivity index (χ0n) is 16.1. The van der Waals surface area contributed by atoms with Crippen LogP contribution in [0.25, 0.3) is 0 Å². The first-order valence-electron chi connectivity index (χ1n) is 9.68. The highest BCUT2D eigenvalue weighted by molar-refractivity contribution is 6.08. The minimum absolute atomic E-state index is 0.0723. The number of benzene rings is 2. The van der Waals surface area contributed by atoms with Crippen molar-refractivity contribution in [1.82, 2.24) is 4.90 Å². The lowest BCUT2D eigenvalue weighted by Gasteiger charge is -2.29. The molecular formula is C22H27N3O2. The van der Waals surface area contributed by atoms with Crippen LogP contribution in [0.3, 0.4) is 0 Å². The first-order chi connectivity index (χ1) is 13.2. The van der Waals surface area contributed by atoms with Gasteiger partial charge in [-0.3, -0.25) is 4.79 Å². The Labute approximate surface area is 161 Å². The number of anilines is 2. The second kappa shape index (κ2) is 7.61. The first kappa shape index (κ1) is 17.9. The summed E-state index contributed by atoms with van der Waals surface area (Å²) in [6.07, 6.45) is 2.03. The second-order valence-corrected chi connectivity index (χ2v) is 7.39. The molecule has 0 atom stereocenters. The molecular weight excluding hydrogens is 338 g/mol. The molecule has 0 aliphatic carbocycles. The van der Waals surface area contributed by atoms with Crippen LogP contribution in [0.5, 0.6) is 5.75 Å². The lowest BCUT2D eigenvalue weighted by Crippen LogP contribution is -2.37. The fourth-order valence-corrected chi connectivity index (χ4v) is 3.99. The summed E-state index contributed by atoms with van der Waals surface area (Å²) in [5.41, 5.74) is 4.06. The summed E-state index contributed by atoms with van der Waals surface area (Å²) in [7, 11) is 3.84. The number of ether oxygens (including phenoxy) is 1. The van der Waals surface area contributed by atoms with Crippen LogP contribution < -0.4 is 14.5 Å². The van der Waals surface area contributed by atoms with E-state index >= 15 is 0 Å². The molecule has 4 rings (SSSR count). The standard InChI is InChI=1S/C22H27N3O2/c1-23-11-3-12-24(15-14-23)18-4-6-19(7-5-18)25-13-10-17-16-20(27-2)8-9-21(17)22(25)26/h4-9,16H,3,10-15H2,1-2H3. The quantitative estimate of drug-likeness (QED) is 0.838.